The van der Waals surface area contributed by atoms with Gasteiger partial charge >= 0.3 is 0 Å². The lowest BCUT2D eigenvalue weighted by Gasteiger charge is -2.23. The Hall–Kier alpha value is -2.21. The van der Waals surface area contributed by atoms with Crippen molar-refractivity contribution in [2.45, 2.75) is 19.8 Å². The highest BCUT2D eigenvalue weighted by Gasteiger charge is 2.12. The number of hydrogen-bond acceptors (Lipinski definition) is 4. The normalized spacial score (nSPS) is 10.3. The van der Waals surface area contributed by atoms with Crippen LogP contribution in [-0.2, 0) is 6.42 Å². The molecule has 2 rings (SSSR count). The lowest BCUT2D eigenvalue weighted by molar-refractivity contribution is 0.876. The number of nitrogens with two attached hydrogens (primary N) is 1. The summed E-state index contributed by atoms with van der Waals surface area (Å²) in [4.78, 5) is 21.4. The molecule has 5 nitrogen and oxygen atoms in total. The Morgan fingerprint density at radius 2 is 2.10 bits per heavy atom. The van der Waals surface area contributed by atoms with Gasteiger partial charge in [0.2, 0.25) is 0 Å². The quantitative estimate of drug-likeness (QED) is 0.800. The molecule has 0 saturated heterocycles. The van der Waals surface area contributed by atoms with Crippen molar-refractivity contribution in [3.05, 3.63) is 52.6 Å². The summed E-state index contributed by atoms with van der Waals surface area (Å²) in [6.45, 7) is 2.53. The van der Waals surface area contributed by atoms with Gasteiger partial charge in [0.15, 0.2) is 0 Å². The second-order valence-corrected chi connectivity index (χ2v) is 5.13. The average molecular weight is 302 g/mol. The molecule has 0 radical (unpaired) electrons. The van der Waals surface area contributed by atoms with Crippen LogP contribution >= 0.6 is 12.2 Å². The molecule has 1 aromatic carbocycles. The smallest absolute Gasteiger partial charge is 0.252 e. The highest BCUT2D eigenvalue weighted by molar-refractivity contribution is 7.80. The van der Waals surface area contributed by atoms with Gasteiger partial charge in [0.05, 0.1) is 4.99 Å². The van der Waals surface area contributed by atoms with Gasteiger partial charge in [-0.1, -0.05) is 37.3 Å². The van der Waals surface area contributed by atoms with Crippen LogP contribution in [0.5, 0.6) is 0 Å². The van der Waals surface area contributed by atoms with Gasteiger partial charge in [0, 0.05) is 31.1 Å². The molecule has 0 saturated carbocycles. The maximum atomic E-state index is 11.8. The first-order valence-corrected chi connectivity index (χ1v) is 7.22. The van der Waals surface area contributed by atoms with Gasteiger partial charge in [-0.2, -0.15) is 0 Å². The number of aryl methyl sites for hydroxylation is 1. The fourth-order valence-corrected chi connectivity index (χ4v) is 2.10. The lowest BCUT2D eigenvalue weighted by Crippen LogP contribution is -2.26. The number of hydrogen-bond donors (Lipinski definition) is 2. The minimum absolute atomic E-state index is 0.159. The second kappa shape index (κ2) is 6.99. The molecule has 2 aromatic rings. The van der Waals surface area contributed by atoms with Crippen LogP contribution in [0.4, 0.5) is 11.5 Å². The Balaban J connectivity index is 2.41. The Bertz CT molecular complexity index is 669. The van der Waals surface area contributed by atoms with Crippen LogP contribution < -0.4 is 16.2 Å². The SMILES string of the molecule is CCc1nc(N(CCC(N)=S)c2ccccc2)cc(=O)[nH]1. The van der Waals surface area contributed by atoms with Crippen molar-refractivity contribution < 1.29 is 0 Å². The Morgan fingerprint density at radius 3 is 2.71 bits per heavy atom. The molecule has 0 aliphatic carbocycles. The third-order valence-corrected chi connectivity index (χ3v) is 3.24. The monoisotopic (exact) mass is 302 g/mol. The van der Waals surface area contributed by atoms with Crippen LogP contribution in [0.2, 0.25) is 0 Å². The Kier molecular flexibility index (Phi) is 5.05. The standard InChI is InChI=1S/C15H18N4OS/c1-2-13-17-14(10-15(20)18-13)19(9-8-12(16)21)11-6-4-3-5-7-11/h3-7,10H,2,8-9H2,1H3,(H2,16,21)(H,17,18,20). The molecule has 110 valence electrons. The average Bonchev–Trinajstić information content (AvgIpc) is 2.47. The number of benzene rings is 1. The molecule has 0 aliphatic heterocycles. The molecule has 0 atom stereocenters. The van der Waals surface area contributed by atoms with E-state index in [-0.39, 0.29) is 5.56 Å². The van der Waals surface area contributed by atoms with Crippen LogP contribution in [-0.4, -0.2) is 21.5 Å². The predicted molar refractivity (Wildman–Crippen MR) is 89.1 cm³/mol. The van der Waals surface area contributed by atoms with Gasteiger partial charge in [0.1, 0.15) is 11.6 Å². The van der Waals surface area contributed by atoms with Crippen molar-refractivity contribution in [2.75, 3.05) is 11.4 Å². The van der Waals surface area contributed by atoms with Gasteiger partial charge < -0.3 is 15.6 Å². The first kappa shape index (κ1) is 15.2. The fraction of sp³-hybridized carbons (Fsp3) is 0.267. The molecule has 1 aromatic heterocycles. The zero-order valence-electron chi connectivity index (χ0n) is 11.9. The Labute approximate surface area is 128 Å². The van der Waals surface area contributed by atoms with E-state index in [0.29, 0.717) is 36.0 Å². The van der Waals surface area contributed by atoms with E-state index in [2.05, 4.69) is 9.97 Å². The summed E-state index contributed by atoms with van der Waals surface area (Å²) in [6.07, 6.45) is 1.22. The molecule has 0 amide bonds. The van der Waals surface area contributed by atoms with Crippen LogP contribution in [0, 0.1) is 0 Å². The van der Waals surface area contributed by atoms with E-state index in [1.54, 1.807) is 0 Å². The Morgan fingerprint density at radius 1 is 1.38 bits per heavy atom. The van der Waals surface area contributed by atoms with Crippen molar-refractivity contribution in [1.82, 2.24) is 9.97 Å². The van der Waals surface area contributed by atoms with Crippen LogP contribution in [0.3, 0.4) is 0 Å². The molecule has 3 N–H and O–H groups in total. The van der Waals surface area contributed by atoms with Crippen molar-refractivity contribution in [1.29, 1.82) is 0 Å². The van der Waals surface area contributed by atoms with E-state index in [1.165, 1.54) is 6.07 Å². The van der Waals surface area contributed by atoms with Gasteiger partial charge in [-0.05, 0) is 12.1 Å². The largest absolute Gasteiger partial charge is 0.393 e. The number of nitrogens with one attached hydrogen (secondary N) is 1. The molecular formula is C15H18N4OS. The maximum absolute atomic E-state index is 11.8. The van der Waals surface area contributed by atoms with E-state index in [4.69, 9.17) is 18.0 Å². The van der Waals surface area contributed by atoms with Gasteiger partial charge in [-0.3, -0.25) is 4.79 Å². The number of para-hydroxylation sites is 1. The number of rotatable bonds is 6. The summed E-state index contributed by atoms with van der Waals surface area (Å²) in [5, 5.41) is 0. The minimum atomic E-state index is -0.159. The zero-order chi connectivity index (χ0) is 15.2. The number of H-pyrrole nitrogens is 1. The molecule has 0 unspecified atom stereocenters. The third-order valence-electron chi connectivity index (χ3n) is 3.04. The molecule has 6 heteroatoms. The number of nitrogens with zero attached hydrogens (tertiary/aromatic N) is 2. The number of anilines is 2. The van der Waals surface area contributed by atoms with Crippen molar-refractivity contribution in [3.8, 4) is 0 Å². The molecular weight excluding hydrogens is 284 g/mol. The van der Waals surface area contributed by atoms with Crippen molar-refractivity contribution in [3.63, 3.8) is 0 Å². The van der Waals surface area contributed by atoms with E-state index in [0.717, 1.165) is 5.69 Å². The molecule has 0 aliphatic rings. The zero-order valence-corrected chi connectivity index (χ0v) is 12.7. The first-order valence-electron chi connectivity index (χ1n) is 6.81. The molecule has 0 fully saturated rings. The third kappa shape index (κ3) is 4.13. The van der Waals surface area contributed by atoms with Crippen molar-refractivity contribution >= 4 is 28.7 Å². The van der Waals surface area contributed by atoms with E-state index in [9.17, 15) is 4.79 Å². The fourth-order valence-electron chi connectivity index (χ4n) is 2.01. The summed E-state index contributed by atoms with van der Waals surface area (Å²) in [6, 6.07) is 11.2. The summed E-state index contributed by atoms with van der Waals surface area (Å²) in [7, 11) is 0. The summed E-state index contributed by atoms with van der Waals surface area (Å²) in [5.41, 5.74) is 6.39. The minimum Gasteiger partial charge on any atom is -0.393 e. The van der Waals surface area contributed by atoms with Gasteiger partial charge in [-0.25, -0.2) is 4.98 Å². The highest BCUT2D eigenvalue weighted by Crippen LogP contribution is 2.22. The predicted octanol–water partition coefficient (Wildman–Crippen LogP) is 2.15. The van der Waals surface area contributed by atoms with E-state index < -0.39 is 0 Å². The number of thiocarbonyl (C=S) groups is 1. The van der Waals surface area contributed by atoms with E-state index >= 15 is 0 Å². The lowest BCUT2D eigenvalue weighted by atomic mass is 10.2. The highest BCUT2D eigenvalue weighted by atomic mass is 32.1. The molecule has 0 bridgehead atoms. The van der Waals surface area contributed by atoms with Crippen molar-refractivity contribution in [2.24, 2.45) is 5.73 Å². The number of aromatic nitrogens is 2. The summed E-state index contributed by atoms with van der Waals surface area (Å²) in [5.74, 6) is 1.27. The first-order chi connectivity index (χ1) is 10.1. The topological polar surface area (TPSA) is 75.0 Å². The van der Waals surface area contributed by atoms with Gasteiger partial charge in [0.25, 0.3) is 5.56 Å². The molecule has 1 heterocycles. The second-order valence-electron chi connectivity index (χ2n) is 4.61. The number of aromatic amines is 1. The molecule has 21 heavy (non-hydrogen) atoms. The van der Waals surface area contributed by atoms with E-state index in [1.807, 2.05) is 42.2 Å². The van der Waals surface area contributed by atoms with Crippen LogP contribution in [0.25, 0.3) is 0 Å². The van der Waals surface area contributed by atoms with Crippen LogP contribution in [0.1, 0.15) is 19.2 Å². The maximum Gasteiger partial charge on any atom is 0.252 e. The summed E-state index contributed by atoms with van der Waals surface area (Å²) >= 11 is 4.95. The molecule has 0 spiro atoms. The van der Waals surface area contributed by atoms with Crippen LogP contribution in [0.15, 0.2) is 41.2 Å². The summed E-state index contributed by atoms with van der Waals surface area (Å²) < 4.78 is 0. The van der Waals surface area contributed by atoms with Gasteiger partial charge in [-0.15, -0.1) is 0 Å².